The van der Waals surface area contributed by atoms with E-state index in [0.29, 0.717) is 0 Å². The molecule has 0 saturated heterocycles. The van der Waals surface area contributed by atoms with Gasteiger partial charge in [0.15, 0.2) is 5.82 Å². The molecule has 0 spiro atoms. The molecule has 17 heavy (non-hydrogen) atoms. The van der Waals surface area contributed by atoms with Gasteiger partial charge in [-0.15, -0.1) is 11.3 Å². The molecule has 0 aromatic carbocycles. The summed E-state index contributed by atoms with van der Waals surface area (Å²) in [5, 5.41) is 3.08. The summed E-state index contributed by atoms with van der Waals surface area (Å²) in [7, 11) is 1.86. The van der Waals surface area contributed by atoms with E-state index in [1.54, 1.807) is 23.0 Å². The van der Waals surface area contributed by atoms with Crippen LogP contribution in [0.15, 0.2) is 16.2 Å². The number of rotatable bonds is 4. The predicted molar refractivity (Wildman–Crippen MR) is 74.4 cm³/mol. The molecule has 0 aliphatic carbocycles. The van der Waals surface area contributed by atoms with E-state index in [-0.39, 0.29) is 0 Å². The highest BCUT2D eigenvalue weighted by Gasteiger charge is 2.12. The first-order valence-corrected chi connectivity index (χ1v) is 7.06. The van der Waals surface area contributed by atoms with Gasteiger partial charge in [-0.25, -0.2) is 9.97 Å². The van der Waals surface area contributed by atoms with Crippen LogP contribution in [-0.2, 0) is 6.42 Å². The Labute approximate surface area is 113 Å². The summed E-state index contributed by atoms with van der Waals surface area (Å²) in [5.41, 5.74) is 2.83. The highest BCUT2D eigenvalue weighted by molar-refractivity contribution is 9.10. The van der Waals surface area contributed by atoms with Crippen LogP contribution in [0.1, 0.15) is 19.0 Å². The van der Waals surface area contributed by atoms with Crippen molar-refractivity contribution in [2.45, 2.75) is 19.8 Å². The van der Waals surface area contributed by atoms with Crippen molar-refractivity contribution in [2.75, 3.05) is 12.4 Å². The van der Waals surface area contributed by atoms with E-state index in [0.717, 1.165) is 39.5 Å². The van der Waals surface area contributed by atoms with Crippen molar-refractivity contribution in [3.8, 4) is 10.7 Å². The quantitative estimate of drug-likeness (QED) is 0.940. The van der Waals surface area contributed by atoms with Crippen LogP contribution in [0.4, 0.5) is 5.82 Å². The van der Waals surface area contributed by atoms with Gasteiger partial charge < -0.3 is 5.32 Å². The Morgan fingerprint density at radius 3 is 2.82 bits per heavy atom. The summed E-state index contributed by atoms with van der Waals surface area (Å²) >= 11 is 5.09. The normalized spacial score (nSPS) is 10.5. The minimum absolute atomic E-state index is 0.739. The number of aryl methyl sites for hydroxylation is 1. The molecule has 6 heteroatoms. The van der Waals surface area contributed by atoms with Crippen molar-refractivity contribution < 1.29 is 0 Å². The Bertz CT molecular complexity index is 498. The van der Waals surface area contributed by atoms with Crippen LogP contribution in [0.2, 0.25) is 0 Å². The lowest BCUT2D eigenvalue weighted by molar-refractivity contribution is 0.869. The molecule has 2 heterocycles. The van der Waals surface area contributed by atoms with E-state index in [1.807, 2.05) is 7.05 Å². The van der Waals surface area contributed by atoms with Crippen molar-refractivity contribution >= 4 is 33.1 Å². The number of thiazole rings is 1. The molecular weight excluding hydrogens is 300 g/mol. The highest BCUT2D eigenvalue weighted by Crippen LogP contribution is 2.28. The lowest BCUT2D eigenvalue weighted by atomic mass is 10.2. The zero-order valence-corrected chi connectivity index (χ0v) is 12.1. The average Bonchev–Trinajstić information content (AvgIpc) is 2.85. The van der Waals surface area contributed by atoms with E-state index < -0.39 is 0 Å². The third-order valence-electron chi connectivity index (χ3n) is 2.30. The van der Waals surface area contributed by atoms with Crippen LogP contribution < -0.4 is 5.32 Å². The third-order valence-corrected chi connectivity index (χ3v) is 3.90. The summed E-state index contributed by atoms with van der Waals surface area (Å²) < 4.78 is 0.954. The second-order valence-corrected chi connectivity index (χ2v) is 5.20. The monoisotopic (exact) mass is 312 g/mol. The van der Waals surface area contributed by atoms with Crippen LogP contribution in [0.3, 0.4) is 0 Å². The summed E-state index contributed by atoms with van der Waals surface area (Å²) in [5.74, 6) is 1.57. The van der Waals surface area contributed by atoms with Crippen LogP contribution in [-0.4, -0.2) is 22.0 Å². The molecule has 0 aliphatic rings. The molecule has 0 unspecified atom stereocenters. The van der Waals surface area contributed by atoms with E-state index in [4.69, 9.17) is 0 Å². The molecule has 0 atom stereocenters. The van der Waals surface area contributed by atoms with Crippen molar-refractivity contribution in [3.05, 3.63) is 21.9 Å². The lowest BCUT2D eigenvalue weighted by Crippen LogP contribution is -2.02. The minimum atomic E-state index is 0.739. The zero-order valence-electron chi connectivity index (χ0n) is 9.70. The summed E-state index contributed by atoms with van der Waals surface area (Å²) in [6, 6.07) is 0. The van der Waals surface area contributed by atoms with E-state index in [2.05, 4.69) is 43.1 Å². The van der Waals surface area contributed by atoms with Crippen molar-refractivity contribution in [1.82, 2.24) is 15.0 Å². The molecule has 90 valence electrons. The Morgan fingerprint density at radius 1 is 1.41 bits per heavy atom. The van der Waals surface area contributed by atoms with Crippen LogP contribution >= 0.6 is 27.3 Å². The molecule has 0 radical (unpaired) electrons. The van der Waals surface area contributed by atoms with Crippen molar-refractivity contribution in [1.29, 1.82) is 0 Å². The highest BCUT2D eigenvalue weighted by atomic mass is 79.9. The molecule has 4 nitrogen and oxygen atoms in total. The Hall–Kier alpha value is -1.01. The molecule has 1 N–H and O–H groups in total. The minimum Gasteiger partial charge on any atom is -0.372 e. The van der Waals surface area contributed by atoms with Gasteiger partial charge in [-0.2, -0.15) is 0 Å². The van der Waals surface area contributed by atoms with E-state index in [1.165, 1.54) is 0 Å². The van der Waals surface area contributed by atoms with Crippen LogP contribution in [0.25, 0.3) is 10.7 Å². The number of nitrogens with zero attached hydrogens (tertiary/aromatic N) is 3. The standard InChI is InChI=1S/C11H13BrN4S/c1-3-4-7-9(12)11(13-2)16-10(15-7)8-5-14-6-17-8/h5-6H,3-4H2,1-2H3,(H,13,15,16). The van der Waals surface area contributed by atoms with Gasteiger partial charge in [0.05, 0.1) is 20.6 Å². The lowest BCUT2D eigenvalue weighted by Gasteiger charge is -2.09. The maximum absolute atomic E-state index is 4.59. The Morgan fingerprint density at radius 2 is 2.24 bits per heavy atom. The maximum Gasteiger partial charge on any atom is 0.173 e. The molecule has 2 rings (SSSR count). The number of halogens is 1. The maximum atomic E-state index is 4.59. The molecule has 0 amide bonds. The van der Waals surface area contributed by atoms with Gasteiger partial charge in [0.25, 0.3) is 0 Å². The van der Waals surface area contributed by atoms with E-state index in [9.17, 15) is 0 Å². The molecule has 0 bridgehead atoms. The van der Waals surface area contributed by atoms with Gasteiger partial charge in [0, 0.05) is 13.2 Å². The van der Waals surface area contributed by atoms with Gasteiger partial charge in [-0.05, 0) is 22.4 Å². The Kier molecular flexibility index (Phi) is 4.06. The third kappa shape index (κ3) is 2.63. The van der Waals surface area contributed by atoms with Crippen molar-refractivity contribution in [2.24, 2.45) is 0 Å². The van der Waals surface area contributed by atoms with E-state index >= 15 is 0 Å². The molecule has 0 fully saturated rings. The number of anilines is 1. The SMILES string of the molecule is CCCc1nc(-c2cncs2)nc(NC)c1Br. The fourth-order valence-corrected chi connectivity index (χ4v) is 2.63. The number of aromatic nitrogens is 3. The first-order valence-electron chi connectivity index (χ1n) is 5.39. The number of nitrogens with one attached hydrogen (secondary N) is 1. The summed E-state index contributed by atoms with van der Waals surface area (Å²) in [4.78, 5) is 14.1. The average molecular weight is 313 g/mol. The van der Waals surface area contributed by atoms with Crippen LogP contribution in [0, 0.1) is 0 Å². The van der Waals surface area contributed by atoms with Gasteiger partial charge >= 0.3 is 0 Å². The van der Waals surface area contributed by atoms with Gasteiger partial charge in [-0.1, -0.05) is 13.3 Å². The topological polar surface area (TPSA) is 50.7 Å². The zero-order chi connectivity index (χ0) is 12.3. The van der Waals surface area contributed by atoms with Crippen LogP contribution in [0.5, 0.6) is 0 Å². The second kappa shape index (κ2) is 5.55. The number of hydrogen-bond acceptors (Lipinski definition) is 5. The second-order valence-electron chi connectivity index (χ2n) is 3.52. The molecule has 2 aromatic heterocycles. The van der Waals surface area contributed by atoms with Gasteiger partial charge in [0.1, 0.15) is 5.82 Å². The Balaban J connectivity index is 2.50. The molecule has 2 aromatic rings. The molecule has 0 saturated carbocycles. The summed E-state index contributed by atoms with van der Waals surface area (Å²) in [6.45, 7) is 2.14. The van der Waals surface area contributed by atoms with Crippen molar-refractivity contribution in [3.63, 3.8) is 0 Å². The fraction of sp³-hybridized carbons (Fsp3) is 0.364. The largest absolute Gasteiger partial charge is 0.372 e. The smallest absolute Gasteiger partial charge is 0.173 e. The number of hydrogen-bond donors (Lipinski definition) is 1. The van der Waals surface area contributed by atoms with Gasteiger partial charge in [0.2, 0.25) is 0 Å². The predicted octanol–water partition coefficient (Wildman–Crippen LogP) is 3.36. The molecule has 0 aliphatic heterocycles. The fourth-order valence-electron chi connectivity index (χ4n) is 1.50. The first kappa shape index (κ1) is 12.4. The summed E-state index contributed by atoms with van der Waals surface area (Å²) in [6.07, 6.45) is 3.79. The first-order chi connectivity index (χ1) is 8.26. The molecular formula is C11H13BrN4S. The van der Waals surface area contributed by atoms with Gasteiger partial charge in [-0.3, -0.25) is 4.98 Å².